The van der Waals surface area contributed by atoms with Crippen LogP contribution in [0.2, 0.25) is 0 Å². The zero-order valence-corrected chi connectivity index (χ0v) is 19.1. The van der Waals surface area contributed by atoms with E-state index in [0.29, 0.717) is 36.4 Å². The molecule has 1 aromatic carbocycles. The summed E-state index contributed by atoms with van der Waals surface area (Å²) in [6.07, 6.45) is 4.57. The van der Waals surface area contributed by atoms with E-state index in [9.17, 15) is 13.2 Å². The topological polar surface area (TPSA) is 70.6 Å². The van der Waals surface area contributed by atoms with Gasteiger partial charge in [-0.05, 0) is 70.2 Å². The minimum atomic E-state index is -3.49. The summed E-state index contributed by atoms with van der Waals surface area (Å²) in [6, 6.07) is 12.6. The summed E-state index contributed by atoms with van der Waals surface area (Å²) in [5.74, 6) is 0.148. The Hall–Kier alpha value is -2.25. The quantitative estimate of drug-likeness (QED) is 0.720. The van der Waals surface area contributed by atoms with E-state index in [1.807, 2.05) is 30.0 Å². The van der Waals surface area contributed by atoms with Crippen molar-refractivity contribution in [2.45, 2.75) is 62.8 Å². The van der Waals surface area contributed by atoms with Crippen LogP contribution in [0.25, 0.3) is 0 Å². The molecule has 0 spiro atoms. The number of piperidine rings is 2. The Morgan fingerprint density at radius 3 is 2.35 bits per heavy atom. The first-order chi connectivity index (χ1) is 14.9. The lowest BCUT2D eigenvalue weighted by molar-refractivity contribution is 0.0632. The van der Waals surface area contributed by atoms with Gasteiger partial charge in [0, 0.05) is 37.3 Å². The normalized spacial score (nSPS) is 21.2. The molecule has 166 valence electrons. The molecule has 0 aliphatic carbocycles. The Bertz CT molecular complexity index is 1030. The molecule has 4 rings (SSSR count). The van der Waals surface area contributed by atoms with Crippen LogP contribution < -0.4 is 0 Å². The molecule has 6 nitrogen and oxygen atoms in total. The number of amides is 1. The number of rotatable bonds is 4. The van der Waals surface area contributed by atoms with Gasteiger partial charge in [0.15, 0.2) is 0 Å². The van der Waals surface area contributed by atoms with E-state index in [-0.39, 0.29) is 17.9 Å². The van der Waals surface area contributed by atoms with Crippen LogP contribution in [-0.4, -0.2) is 54.2 Å². The lowest BCUT2D eigenvalue weighted by Crippen LogP contribution is -2.43. The van der Waals surface area contributed by atoms with Crippen molar-refractivity contribution >= 4 is 15.9 Å². The third-order valence-corrected chi connectivity index (χ3v) is 8.49. The molecule has 0 N–H and O–H groups in total. The molecule has 1 amide bonds. The van der Waals surface area contributed by atoms with Crippen LogP contribution >= 0.6 is 0 Å². The monoisotopic (exact) mass is 441 g/mol. The number of benzene rings is 1. The molecule has 7 heteroatoms. The van der Waals surface area contributed by atoms with Crippen molar-refractivity contribution in [2.75, 3.05) is 19.6 Å². The van der Waals surface area contributed by atoms with Crippen LogP contribution in [-0.2, 0) is 10.0 Å². The average molecular weight is 442 g/mol. The van der Waals surface area contributed by atoms with E-state index in [2.05, 4.69) is 6.92 Å². The molecule has 2 aliphatic rings. The molecule has 2 aromatic rings. The Morgan fingerprint density at radius 1 is 0.968 bits per heavy atom. The van der Waals surface area contributed by atoms with Gasteiger partial charge >= 0.3 is 0 Å². The van der Waals surface area contributed by atoms with Gasteiger partial charge in [-0.3, -0.25) is 9.78 Å². The van der Waals surface area contributed by atoms with Crippen LogP contribution in [0, 0.1) is 6.92 Å². The molecular formula is C24H31N3O3S. The maximum absolute atomic E-state index is 13.4. The second kappa shape index (κ2) is 9.09. The molecule has 0 radical (unpaired) electrons. The summed E-state index contributed by atoms with van der Waals surface area (Å²) in [6.45, 7) is 5.72. The van der Waals surface area contributed by atoms with Gasteiger partial charge in [0.1, 0.15) is 0 Å². The molecule has 2 aliphatic heterocycles. The van der Waals surface area contributed by atoms with Crippen molar-refractivity contribution in [1.82, 2.24) is 14.2 Å². The highest BCUT2D eigenvalue weighted by atomic mass is 32.2. The van der Waals surface area contributed by atoms with Gasteiger partial charge in [0.25, 0.3) is 5.91 Å². The minimum absolute atomic E-state index is 0.0639. The SMILES string of the molecule is Cc1ccc(C(=O)N2CCCCC2C)c(C2CCN(S(=O)(=O)c3ccccc3)CC2)n1. The summed E-state index contributed by atoms with van der Waals surface area (Å²) < 4.78 is 27.5. The van der Waals surface area contributed by atoms with Gasteiger partial charge in [0.2, 0.25) is 10.0 Å². The van der Waals surface area contributed by atoms with Crippen molar-refractivity contribution in [2.24, 2.45) is 0 Å². The fraction of sp³-hybridized carbons (Fsp3) is 0.500. The number of pyridine rings is 1. The maximum atomic E-state index is 13.4. The highest BCUT2D eigenvalue weighted by Crippen LogP contribution is 2.33. The van der Waals surface area contributed by atoms with Crippen LogP contribution in [0.3, 0.4) is 0 Å². The second-order valence-electron chi connectivity index (χ2n) is 8.72. The van der Waals surface area contributed by atoms with Crippen LogP contribution in [0.4, 0.5) is 0 Å². The standard InChI is InChI=1S/C24H31N3O3S/c1-18-11-12-22(24(28)27-15-7-6-8-19(27)2)23(25-18)20-13-16-26(17-14-20)31(29,30)21-9-4-3-5-10-21/h3-5,9-12,19-20H,6-8,13-17H2,1-2H3. The summed E-state index contributed by atoms with van der Waals surface area (Å²) in [4.78, 5) is 20.5. The van der Waals surface area contributed by atoms with E-state index in [0.717, 1.165) is 37.2 Å². The number of aromatic nitrogens is 1. The largest absolute Gasteiger partial charge is 0.336 e. The van der Waals surface area contributed by atoms with Crippen LogP contribution in [0.1, 0.15) is 66.7 Å². The maximum Gasteiger partial charge on any atom is 0.255 e. The van der Waals surface area contributed by atoms with Gasteiger partial charge < -0.3 is 4.90 Å². The first kappa shape index (κ1) is 22.0. The Kier molecular flexibility index (Phi) is 6.44. The number of likely N-dealkylation sites (tertiary alicyclic amines) is 1. The van der Waals surface area contributed by atoms with Gasteiger partial charge in [-0.15, -0.1) is 0 Å². The van der Waals surface area contributed by atoms with Gasteiger partial charge in [0.05, 0.1) is 16.2 Å². The number of carbonyl (C=O) groups excluding carboxylic acids is 1. The highest BCUT2D eigenvalue weighted by molar-refractivity contribution is 7.89. The number of hydrogen-bond acceptors (Lipinski definition) is 4. The summed E-state index contributed by atoms with van der Waals surface area (Å²) >= 11 is 0. The average Bonchev–Trinajstić information content (AvgIpc) is 2.79. The van der Waals surface area contributed by atoms with Crippen molar-refractivity contribution in [3.63, 3.8) is 0 Å². The summed E-state index contributed by atoms with van der Waals surface area (Å²) in [5, 5.41) is 0. The zero-order valence-electron chi connectivity index (χ0n) is 18.3. The molecule has 0 bridgehead atoms. The zero-order chi connectivity index (χ0) is 22.0. The predicted molar refractivity (Wildman–Crippen MR) is 120 cm³/mol. The first-order valence-electron chi connectivity index (χ1n) is 11.2. The number of carbonyl (C=O) groups is 1. The molecule has 0 saturated carbocycles. The van der Waals surface area contributed by atoms with Gasteiger partial charge in [-0.1, -0.05) is 18.2 Å². The summed E-state index contributed by atoms with van der Waals surface area (Å²) in [5.41, 5.74) is 2.40. The Balaban J connectivity index is 1.53. The Morgan fingerprint density at radius 2 is 1.68 bits per heavy atom. The number of aryl methyl sites for hydroxylation is 1. The molecule has 1 aromatic heterocycles. The third kappa shape index (κ3) is 4.53. The lowest BCUT2D eigenvalue weighted by atomic mass is 9.90. The van der Waals surface area contributed by atoms with Crippen LogP contribution in [0.15, 0.2) is 47.4 Å². The fourth-order valence-electron chi connectivity index (χ4n) is 4.73. The second-order valence-corrected chi connectivity index (χ2v) is 10.7. The lowest BCUT2D eigenvalue weighted by Gasteiger charge is -2.35. The molecule has 2 saturated heterocycles. The van der Waals surface area contributed by atoms with E-state index in [4.69, 9.17) is 4.98 Å². The number of sulfonamides is 1. The van der Waals surface area contributed by atoms with Crippen molar-refractivity contribution < 1.29 is 13.2 Å². The third-order valence-electron chi connectivity index (χ3n) is 6.58. The van der Waals surface area contributed by atoms with Crippen LogP contribution in [0.5, 0.6) is 0 Å². The molecule has 1 atom stereocenters. The van der Waals surface area contributed by atoms with Crippen molar-refractivity contribution in [3.8, 4) is 0 Å². The molecule has 31 heavy (non-hydrogen) atoms. The Labute approximate surface area is 185 Å². The predicted octanol–water partition coefficient (Wildman–Crippen LogP) is 3.97. The van der Waals surface area contributed by atoms with E-state index in [1.54, 1.807) is 28.6 Å². The van der Waals surface area contributed by atoms with Gasteiger partial charge in [-0.2, -0.15) is 4.31 Å². The fourth-order valence-corrected chi connectivity index (χ4v) is 6.23. The number of nitrogens with zero attached hydrogens (tertiary/aromatic N) is 3. The smallest absolute Gasteiger partial charge is 0.255 e. The number of hydrogen-bond donors (Lipinski definition) is 0. The molecule has 1 unspecified atom stereocenters. The van der Waals surface area contributed by atoms with E-state index < -0.39 is 10.0 Å². The minimum Gasteiger partial charge on any atom is -0.336 e. The van der Waals surface area contributed by atoms with Crippen molar-refractivity contribution in [3.05, 3.63) is 59.4 Å². The molecular weight excluding hydrogens is 410 g/mol. The van der Waals surface area contributed by atoms with Gasteiger partial charge in [-0.25, -0.2) is 8.42 Å². The van der Waals surface area contributed by atoms with E-state index in [1.165, 1.54) is 0 Å². The highest BCUT2D eigenvalue weighted by Gasteiger charge is 2.33. The molecule has 2 fully saturated rings. The molecule has 3 heterocycles. The van der Waals surface area contributed by atoms with E-state index >= 15 is 0 Å². The van der Waals surface area contributed by atoms with Crippen molar-refractivity contribution in [1.29, 1.82) is 0 Å². The first-order valence-corrected chi connectivity index (χ1v) is 12.7. The summed E-state index contributed by atoms with van der Waals surface area (Å²) in [7, 11) is -3.49.